The van der Waals surface area contributed by atoms with Crippen LogP contribution in [0.3, 0.4) is 0 Å². The number of rotatable bonds is 7. The van der Waals surface area contributed by atoms with Crippen LogP contribution in [0.4, 0.5) is 0 Å². The van der Waals surface area contributed by atoms with Gasteiger partial charge < -0.3 is 19.5 Å². The molecule has 0 saturated heterocycles. The summed E-state index contributed by atoms with van der Waals surface area (Å²) in [7, 11) is 4.54. The first-order valence-electron chi connectivity index (χ1n) is 8.43. The molecule has 0 aliphatic heterocycles. The topological polar surface area (TPSA) is 99.9 Å². The van der Waals surface area contributed by atoms with Gasteiger partial charge in [0.15, 0.2) is 17.3 Å². The molecule has 0 unspecified atom stereocenters. The first-order chi connectivity index (χ1) is 13.1. The van der Waals surface area contributed by atoms with E-state index in [0.717, 1.165) is 28.6 Å². The van der Waals surface area contributed by atoms with Crippen LogP contribution in [0, 0.1) is 0 Å². The summed E-state index contributed by atoms with van der Waals surface area (Å²) >= 11 is 1.42. The van der Waals surface area contributed by atoms with Gasteiger partial charge in [0.2, 0.25) is 10.7 Å². The molecule has 1 N–H and O–H groups in total. The van der Waals surface area contributed by atoms with E-state index in [1.54, 1.807) is 16.6 Å². The molecule has 2 aromatic heterocycles. The fourth-order valence-corrected chi connectivity index (χ4v) is 3.59. The number of methoxy groups -OCH3 is 3. The van der Waals surface area contributed by atoms with Crippen LogP contribution in [0.15, 0.2) is 12.1 Å². The Hall–Kier alpha value is -2.88. The summed E-state index contributed by atoms with van der Waals surface area (Å²) in [5, 5.41) is 16.5. The van der Waals surface area contributed by atoms with Crippen LogP contribution >= 0.6 is 11.3 Å². The van der Waals surface area contributed by atoms with Crippen LogP contribution in [0.2, 0.25) is 0 Å². The third-order valence-electron chi connectivity index (χ3n) is 4.33. The summed E-state index contributed by atoms with van der Waals surface area (Å²) in [6.45, 7) is 0.299. The Labute approximate surface area is 159 Å². The fourth-order valence-electron chi connectivity index (χ4n) is 2.81. The molecule has 142 valence electrons. The molecule has 27 heavy (non-hydrogen) atoms. The van der Waals surface area contributed by atoms with Crippen molar-refractivity contribution in [3.05, 3.63) is 28.5 Å². The Morgan fingerprint density at radius 1 is 1.19 bits per heavy atom. The molecule has 1 aliphatic carbocycles. The molecule has 3 aromatic rings. The second-order valence-electron chi connectivity index (χ2n) is 6.12. The number of aromatic nitrogens is 4. The Bertz CT molecular complexity index is 970. The SMILES string of the molecule is COc1cc(C(=O)NCc2nn3c(C4CC4)nnc3s2)cc(OC)c1OC. The molecule has 0 spiro atoms. The molecule has 9 nitrogen and oxygen atoms in total. The highest BCUT2D eigenvalue weighted by Gasteiger charge is 2.30. The van der Waals surface area contributed by atoms with Gasteiger partial charge in [-0.3, -0.25) is 4.79 Å². The van der Waals surface area contributed by atoms with E-state index in [4.69, 9.17) is 14.2 Å². The smallest absolute Gasteiger partial charge is 0.251 e. The van der Waals surface area contributed by atoms with Crippen LogP contribution in [-0.4, -0.2) is 47.0 Å². The van der Waals surface area contributed by atoms with Gasteiger partial charge in [-0.15, -0.1) is 10.2 Å². The molecule has 10 heteroatoms. The molecule has 2 heterocycles. The number of ether oxygens (including phenoxy) is 3. The van der Waals surface area contributed by atoms with Crippen molar-refractivity contribution < 1.29 is 19.0 Å². The van der Waals surface area contributed by atoms with Gasteiger partial charge in [0.25, 0.3) is 5.91 Å². The molecule has 1 saturated carbocycles. The first-order valence-corrected chi connectivity index (χ1v) is 9.25. The quantitative estimate of drug-likeness (QED) is 0.660. The Balaban J connectivity index is 1.50. The Morgan fingerprint density at radius 3 is 2.48 bits per heavy atom. The Kier molecular flexibility index (Phi) is 4.56. The van der Waals surface area contributed by atoms with Crippen molar-refractivity contribution in [2.45, 2.75) is 25.3 Å². The average molecular weight is 389 g/mol. The number of hydrogen-bond donors (Lipinski definition) is 1. The maximum atomic E-state index is 12.6. The summed E-state index contributed by atoms with van der Waals surface area (Å²) in [4.78, 5) is 13.3. The lowest BCUT2D eigenvalue weighted by Gasteiger charge is -2.13. The third-order valence-corrected chi connectivity index (χ3v) is 5.23. The number of hydrogen-bond acceptors (Lipinski definition) is 8. The van der Waals surface area contributed by atoms with Gasteiger partial charge in [-0.2, -0.15) is 9.61 Å². The van der Waals surface area contributed by atoms with Crippen molar-refractivity contribution in [2.24, 2.45) is 0 Å². The van der Waals surface area contributed by atoms with Gasteiger partial charge in [-0.05, 0) is 25.0 Å². The zero-order chi connectivity index (χ0) is 19.0. The molecule has 1 aromatic carbocycles. The maximum Gasteiger partial charge on any atom is 0.251 e. The molecule has 1 fully saturated rings. The summed E-state index contributed by atoms with van der Waals surface area (Å²) in [6, 6.07) is 3.22. The van der Waals surface area contributed by atoms with E-state index < -0.39 is 0 Å². The Morgan fingerprint density at radius 2 is 1.89 bits per heavy atom. The van der Waals surface area contributed by atoms with Crippen molar-refractivity contribution in [2.75, 3.05) is 21.3 Å². The minimum absolute atomic E-state index is 0.261. The van der Waals surface area contributed by atoms with E-state index in [1.165, 1.54) is 32.7 Å². The van der Waals surface area contributed by atoms with E-state index in [-0.39, 0.29) is 5.91 Å². The lowest BCUT2D eigenvalue weighted by Crippen LogP contribution is -2.23. The third kappa shape index (κ3) is 3.27. The van der Waals surface area contributed by atoms with Crippen molar-refractivity contribution in [3.63, 3.8) is 0 Å². The molecular formula is C17H19N5O4S. The van der Waals surface area contributed by atoms with Crippen molar-refractivity contribution in [3.8, 4) is 17.2 Å². The second kappa shape index (κ2) is 7.03. The minimum Gasteiger partial charge on any atom is -0.493 e. The lowest BCUT2D eigenvalue weighted by molar-refractivity contribution is 0.0950. The summed E-state index contributed by atoms with van der Waals surface area (Å²) in [5.74, 6) is 2.40. The van der Waals surface area contributed by atoms with Gasteiger partial charge in [0, 0.05) is 11.5 Å². The predicted octanol–water partition coefficient (Wildman–Crippen LogP) is 2.02. The van der Waals surface area contributed by atoms with E-state index in [9.17, 15) is 4.79 Å². The minimum atomic E-state index is -0.261. The number of carbonyl (C=O) groups is 1. The second-order valence-corrected chi connectivity index (χ2v) is 7.16. The monoisotopic (exact) mass is 389 g/mol. The molecule has 0 radical (unpaired) electrons. The van der Waals surface area contributed by atoms with E-state index in [0.29, 0.717) is 35.3 Å². The number of nitrogens with one attached hydrogen (secondary N) is 1. The lowest BCUT2D eigenvalue weighted by atomic mass is 10.1. The molecule has 4 rings (SSSR count). The van der Waals surface area contributed by atoms with Gasteiger partial charge in [-0.1, -0.05) is 11.3 Å². The van der Waals surface area contributed by atoms with Crippen molar-refractivity contribution in [1.29, 1.82) is 0 Å². The maximum absolute atomic E-state index is 12.6. The molecule has 1 aliphatic rings. The highest BCUT2D eigenvalue weighted by atomic mass is 32.1. The van der Waals surface area contributed by atoms with Gasteiger partial charge in [0.1, 0.15) is 5.01 Å². The van der Waals surface area contributed by atoms with E-state index in [1.807, 2.05) is 0 Å². The fraction of sp³-hybridized carbons (Fsp3) is 0.412. The summed E-state index contributed by atoms with van der Waals surface area (Å²) < 4.78 is 17.6. The molecule has 0 bridgehead atoms. The van der Waals surface area contributed by atoms with Crippen molar-refractivity contribution >= 4 is 22.2 Å². The van der Waals surface area contributed by atoms with E-state index >= 15 is 0 Å². The molecular weight excluding hydrogens is 370 g/mol. The van der Waals surface area contributed by atoms with Crippen LogP contribution in [0.1, 0.15) is 39.9 Å². The summed E-state index contributed by atoms with van der Waals surface area (Å²) in [6.07, 6.45) is 2.26. The van der Waals surface area contributed by atoms with Gasteiger partial charge in [0.05, 0.1) is 27.9 Å². The number of nitrogens with zero attached hydrogens (tertiary/aromatic N) is 4. The number of carbonyl (C=O) groups excluding carboxylic acids is 1. The number of fused-ring (bicyclic) bond motifs is 1. The van der Waals surface area contributed by atoms with Crippen LogP contribution < -0.4 is 19.5 Å². The number of benzene rings is 1. The highest BCUT2D eigenvalue weighted by Crippen LogP contribution is 2.39. The molecule has 0 atom stereocenters. The largest absolute Gasteiger partial charge is 0.493 e. The predicted molar refractivity (Wildman–Crippen MR) is 97.9 cm³/mol. The van der Waals surface area contributed by atoms with Crippen LogP contribution in [0.25, 0.3) is 4.96 Å². The normalized spacial score (nSPS) is 13.6. The van der Waals surface area contributed by atoms with Crippen molar-refractivity contribution in [1.82, 2.24) is 25.1 Å². The van der Waals surface area contributed by atoms with Gasteiger partial charge >= 0.3 is 0 Å². The zero-order valence-electron chi connectivity index (χ0n) is 15.2. The highest BCUT2D eigenvalue weighted by molar-refractivity contribution is 7.16. The number of amides is 1. The first kappa shape index (κ1) is 17.5. The van der Waals surface area contributed by atoms with Crippen LogP contribution in [-0.2, 0) is 6.54 Å². The van der Waals surface area contributed by atoms with E-state index in [2.05, 4.69) is 20.6 Å². The van der Waals surface area contributed by atoms with Gasteiger partial charge in [-0.25, -0.2) is 0 Å². The molecule has 1 amide bonds. The standard InChI is InChI=1S/C17H19N5O4S/c1-24-11-6-10(7-12(25-2)14(11)26-3)16(23)18-8-13-21-22-15(9-4-5-9)19-20-17(22)27-13/h6-7,9H,4-5,8H2,1-3H3,(H,18,23). The summed E-state index contributed by atoms with van der Waals surface area (Å²) in [5.41, 5.74) is 0.408. The average Bonchev–Trinajstić information content (AvgIpc) is 3.33. The van der Waals surface area contributed by atoms with Crippen LogP contribution in [0.5, 0.6) is 17.2 Å². The zero-order valence-corrected chi connectivity index (χ0v) is 16.0.